The Kier molecular flexibility index (Phi) is 5.05. The summed E-state index contributed by atoms with van der Waals surface area (Å²) in [6.45, 7) is 1.38. The van der Waals surface area contributed by atoms with E-state index in [1.54, 1.807) is 0 Å². The number of carbonyl (C=O) groups is 1. The van der Waals surface area contributed by atoms with Crippen molar-refractivity contribution in [3.63, 3.8) is 0 Å². The number of thioether (sulfide) groups is 1. The molecule has 130 valence electrons. The van der Waals surface area contributed by atoms with Gasteiger partial charge in [0, 0.05) is 23.8 Å². The Hall–Kier alpha value is -1.83. The molecule has 1 saturated heterocycles. The molecule has 3 aromatic rings. The minimum atomic E-state index is -0.0348. The number of nitrogens with zero attached hydrogens (tertiary/aromatic N) is 1. The molecule has 1 fully saturated rings. The van der Waals surface area contributed by atoms with Crippen LogP contribution in [0.5, 0.6) is 0 Å². The molecule has 0 saturated carbocycles. The number of oxazole rings is 1. The van der Waals surface area contributed by atoms with Crippen molar-refractivity contribution in [3.8, 4) is 0 Å². The van der Waals surface area contributed by atoms with E-state index < -0.39 is 0 Å². The van der Waals surface area contributed by atoms with Gasteiger partial charge >= 0.3 is 0 Å². The molecule has 4 rings (SSSR count). The zero-order valence-corrected chi connectivity index (χ0v) is 15.2. The van der Waals surface area contributed by atoms with E-state index in [1.165, 1.54) is 23.1 Å². The van der Waals surface area contributed by atoms with Gasteiger partial charge in [-0.25, -0.2) is 4.98 Å². The predicted molar refractivity (Wildman–Crippen MR) is 99.3 cm³/mol. The molecule has 0 aliphatic carbocycles. The van der Waals surface area contributed by atoms with Crippen molar-refractivity contribution in [2.75, 3.05) is 18.9 Å². The summed E-state index contributed by atoms with van der Waals surface area (Å²) in [6.07, 6.45) is 2.31. The third kappa shape index (κ3) is 3.89. The molecule has 1 aliphatic heterocycles. The van der Waals surface area contributed by atoms with Crippen molar-refractivity contribution < 1.29 is 13.9 Å². The normalized spacial score (nSPS) is 17.2. The molecule has 1 unspecified atom stereocenters. The van der Waals surface area contributed by atoms with Crippen LogP contribution in [0, 0.1) is 0 Å². The maximum Gasteiger partial charge on any atom is 0.261 e. The topological polar surface area (TPSA) is 64.4 Å². The Bertz CT molecular complexity index is 835. The predicted octanol–water partition coefficient (Wildman–Crippen LogP) is 4.26. The van der Waals surface area contributed by atoms with Gasteiger partial charge in [-0.05, 0) is 37.1 Å². The van der Waals surface area contributed by atoms with Gasteiger partial charge in [-0.2, -0.15) is 0 Å². The van der Waals surface area contributed by atoms with Gasteiger partial charge in [0.1, 0.15) is 5.52 Å². The van der Waals surface area contributed by atoms with Crippen LogP contribution in [0.4, 0.5) is 0 Å². The number of carbonyl (C=O) groups excluding carboxylic acids is 1. The molecule has 3 heterocycles. The average Bonchev–Trinajstić information content (AvgIpc) is 3.37. The maximum absolute atomic E-state index is 12.2. The number of amides is 1. The number of benzene rings is 1. The molecule has 1 atom stereocenters. The van der Waals surface area contributed by atoms with E-state index in [4.69, 9.17) is 9.15 Å². The fourth-order valence-corrected chi connectivity index (χ4v) is 4.45. The zero-order chi connectivity index (χ0) is 17.1. The number of thiophene rings is 1. The van der Waals surface area contributed by atoms with Crippen LogP contribution < -0.4 is 5.32 Å². The van der Waals surface area contributed by atoms with Crippen LogP contribution in [0.15, 0.2) is 46.0 Å². The monoisotopic (exact) mass is 374 g/mol. The van der Waals surface area contributed by atoms with E-state index in [9.17, 15) is 4.79 Å². The highest BCUT2D eigenvalue weighted by atomic mass is 32.2. The first-order valence-electron chi connectivity index (χ1n) is 8.27. The van der Waals surface area contributed by atoms with Crippen LogP contribution in [0.2, 0.25) is 0 Å². The summed E-state index contributed by atoms with van der Waals surface area (Å²) in [4.78, 5) is 18.5. The van der Waals surface area contributed by atoms with E-state index in [0.717, 1.165) is 40.3 Å². The molecule has 1 aromatic carbocycles. The number of hydrogen-bond acceptors (Lipinski definition) is 6. The second-order valence-electron chi connectivity index (χ2n) is 5.76. The summed E-state index contributed by atoms with van der Waals surface area (Å²) in [7, 11) is 0. The fraction of sp³-hybridized carbons (Fsp3) is 0.333. The van der Waals surface area contributed by atoms with Crippen LogP contribution in [0.25, 0.3) is 11.1 Å². The highest BCUT2D eigenvalue weighted by Crippen LogP contribution is 2.33. The van der Waals surface area contributed by atoms with E-state index in [-0.39, 0.29) is 12.0 Å². The molecule has 1 N–H and O–H groups in total. The minimum absolute atomic E-state index is 0.0348. The number of fused-ring (bicyclic) bond motifs is 1. The van der Waals surface area contributed by atoms with Crippen molar-refractivity contribution in [3.05, 3.63) is 46.2 Å². The number of rotatable bonds is 6. The van der Waals surface area contributed by atoms with E-state index in [2.05, 4.69) is 10.3 Å². The number of aromatic nitrogens is 1. The number of para-hydroxylation sites is 2. The first kappa shape index (κ1) is 16.6. The molecule has 1 aliphatic rings. The molecule has 1 amide bonds. The lowest BCUT2D eigenvalue weighted by Gasteiger charge is -2.05. The van der Waals surface area contributed by atoms with E-state index in [0.29, 0.717) is 17.5 Å². The standard InChI is InChI=1S/C18H18N2O3S2/c21-17(16-8-7-15(25-16)14-6-3-10-22-14)19-9-11-24-18-20-12-4-1-2-5-13(12)23-18/h1-2,4-5,7-8,14H,3,6,9-11H2,(H,19,21). The minimum Gasteiger partial charge on any atom is -0.431 e. The molecule has 0 radical (unpaired) electrons. The van der Waals surface area contributed by atoms with Crippen molar-refractivity contribution in [1.29, 1.82) is 0 Å². The van der Waals surface area contributed by atoms with Crippen LogP contribution in [0.3, 0.4) is 0 Å². The lowest BCUT2D eigenvalue weighted by Crippen LogP contribution is -2.24. The van der Waals surface area contributed by atoms with Gasteiger partial charge in [-0.15, -0.1) is 11.3 Å². The van der Waals surface area contributed by atoms with Crippen molar-refractivity contribution >= 4 is 40.1 Å². The third-order valence-electron chi connectivity index (χ3n) is 3.99. The summed E-state index contributed by atoms with van der Waals surface area (Å²) in [6, 6.07) is 11.6. The van der Waals surface area contributed by atoms with Gasteiger partial charge in [0.2, 0.25) is 0 Å². The van der Waals surface area contributed by atoms with Crippen molar-refractivity contribution in [2.45, 2.75) is 24.2 Å². The highest BCUT2D eigenvalue weighted by Gasteiger charge is 2.20. The first-order valence-corrected chi connectivity index (χ1v) is 10.1. The van der Waals surface area contributed by atoms with E-state index >= 15 is 0 Å². The zero-order valence-electron chi connectivity index (χ0n) is 13.6. The molecule has 0 bridgehead atoms. The van der Waals surface area contributed by atoms with Crippen LogP contribution >= 0.6 is 23.1 Å². The fourth-order valence-electron chi connectivity index (χ4n) is 2.75. The Morgan fingerprint density at radius 3 is 3.08 bits per heavy atom. The highest BCUT2D eigenvalue weighted by molar-refractivity contribution is 7.99. The van der Waals surface area contributed by atoms with Gasteiger partial charge in [-0.3, -0.25) is 4.79 Å². The Morgan fingerprint density at radius 2 is 2.24 bits per heavy atom. The van der Waals surface area contributed by atoms with E-state index in [1.807, 2.05) is 36.4 Å². The summed E-state index contributed by atoms with van der Waals surface area (Å²) in [5.74, 6) is 0.676. The molecule has 2 aromatic heterocycles. The molecular formula is C18H18N2O3S2. The molecular weight excluding hydrogens is 356 g/mol. The molecule has 7 heteroatoms. The van der Waals surface area contributed by atoms with Gasteiger partial charge in [0.05, 0.1) is 11.0 Å². The second kappa shape index (κ2) is 7.59. The SMILES string of the molecule is O=C(NCCSc1nc2ccccc2o1)c1ccc(C2CCCO2)s1. The first-order chi connectivity index (χ1) is 12.3. The number of hydrogen-bond donors (Lipinski definition) is 1. The Morgan fingerprint density at radius 1 is 1.32 bits per heavy atom. The average molecular weight is 374 g/mol. The summed E-state index contributed by atoms with van der Waals surface area (Å²) < 4.78 is 11.3. The quantitative estimate of drug-likeness (QED) is 0.516. The molecule has 25 heavy (non-hydrogen) atoms. The summed E-state index contributed by atoms with van der Waals surface area (Å²) in [5.41, 5.74) is 1.64. The van der Waals surface area contributed by atoms with Gasteiger partial charge in [0.25, 0.3) is 11.1 Å². The molecule has 0 spiro atoms. The van der Waals surface area contributed by atoms with Crippen LogP contribution in [-0.4, -0.2) is 29.8 Å². The molecule has 5 nitrogen and oxygen atoms in total. The lowest BCUT2D eigenvalue weighted by atomic mass is 10.2. The summed E-state index contributed by atoms with van der Waals surface area (Å²) >= 11 is 3.02. The number of ether oxygens (including phenoxy) is 1. The van der Waals surface area contributed by atoms with Crippen molar-refractivity contribution in [2.24, 2.45) is 0 Å². The largest absolute Gasteiger partial charge is 0.431 e. The Labute approximate surface area is 153 Å². The van der Waals surface area contributed by atoms with Gasteiger partial charge in [0.15, 0.2) is 5.58 Å². The lowest BCUT2D eigenvalue weighted by molar-refractivity contribution is 0.0960. The summed E-state index contributed by atoms with van der Waals surface area (Å²) in [5, 5.41) is 3.58. The maximum atomic E-state index is 12.2. The van der Waals surface area contributed by atoms with Gasteiger partial charge in [-0.1, -0.05) is 23.9 Å². The Balaban J connectivity index is 1.26. The van der Waals surface area contributed by atoms with Crippen LogP contribution in [-0.2, 0) is 4.74 Å². The van der Waals surface area contributed by atoms with Gasteiger partial charge < -0.3 is 14.5 Å². The number of nitrogens with one attached hydrogen (secondary N) is 1. The second-order valence-corrected chi connectivity index (χ2v) is 7.92. The smallest absolute Gasteiger partial charge is 0.261 e. The third-order valence-corrected chi connectivity index (χ3v) is 5.99. The van der Waals surface area contributed by atoms with Crippen LogP contribution in [0.1, 0.15) is 33.5 Å². The van der Waals surface area contributed by atoms with Crippen molar-refractivity contribution in [1.82, 2.24) is 10.3 Å².